The minimum Gasteiger partial charge on any atom is -0.478 e. The van der Waals surface area contributed by atoms with E-state index in [1.807, 2.05) is 36.4 Å². The number of esters is 1. The third-order valence-corrected chi connectivity index (χ3v) is 5.82. The molecular formula is C25H27N3O4. The highest BCUT2D eigenvalue weighted by atomic mass is 16.6. The quantitative estimate of drug-likeness (QED) is 0.428. The largest absolute Gasteiger partial charge is 0.478 e. The zero-order valence-corrected chi connectivity index (χ0v) is 18.4. The van der Waals surface area contributed by atoms with Crippen molar-refractivity contribution in [3.05, 3.63) is 70.3 Å². The molecule has 0 N–H and O–H groups in total. The molecule has 1 saturated carbocycles. The van der Waals surface area contributed by atoms with Crippen LogP contribution in [-0.2, 0) is 9.53 Å². The summed E-state index contributed by atoms with van der Waals surface area (Å²) in [5.74, 6) is 0.913. The highest BCUT2D eigenvalue weighted by Crippen LogP contribution is 2.31. The summed E-state index contributed by atoms with van der Waals surface area (Å²) in [6.07, 6.45) is 6.27. The fraction of sp³-hybridized carbons (Fsp3) is 0.360. The van der Waals surface area contributed by atoms with Crippen molar-refractivity contribution in [1.29, 1.82) is 0 Å². The molecule has 166 valence electrons. The molecule has 0 saturated heterocycles. The van der Waals surface area contributed by atoms with E-state index >= 15 is 0 Å². The number of benzene rings is 2. The third kappa shape index (κ3) is 4.56. The molecule has 0 bridgehead atoms. The molecule has 7 nitrogen and oxygen atoms in total. The maximum atomic E-state index is 13.3. The molecule has 1 atom stereocenters. The van der Waals surface area contributed by atoms with Crippen molar-refractivity contribution < 1.29 is 14.3 Å². The number of carbonyl (C=O) groups excluding carboxylic acids is 1. The maximum Gasteiger partial charge on any atom is 0.346 e. The Hall–Kier alpha value is -3.48. The van der Waals surface area contributed by atoms with E-state index in [2.05, 4.69) is 5.10 Å². The lowest BCUT2D eigenvalue weighted by Crippen LogP contribution is -2.26. The molecule has 1 aromatic heterocycles. The summed E-state index contributed by atoms with van der Waals surface area (Å²) >= 11 is 0. The van der Waals surface area contributed by atoms with Gasteiger partial charge in [0.05, 0.1) is 24.2 Å². The van der Waals surface area contributed by atoms with E-state index in [0.717, 1.165) is 25.7 Å². The van der Waals surface area contributed by atoms with Gasteiger partial charge >= 0.3 is 5.97 Å². The summed E-state index contributed by atoms with van der Waals surface area (Å²) in [6.45, 7) is 1.62. The summed E-state index contributed by atoms with van der Waals surface area (Å²) in [5, 5.41) is 5.09. The lowest BCUT2D eigenvalue weighted by Gasteiger charge is -2.22. The first-order chi connectivity index (χ1) is 15.6. The number of nitrogens with zero attached hydrogens (tertiary/aromatic N) is 3. The predicted molar refractivity (Wildman–Crippen MR) is 123 cm³/mol. The first kappa shape index (κ1) is 21.7. The standard InChI is InChI=1S/C25H27N3O4/c1-17(25(30)31-2)32-22-15-9-6-12-19(22)16-26-28-23(18-10-4-3-5-11-18)27-21-14-8-7-13-20(21)24(28)29/h6-9,12-18H,3-5,10-11H2,1-2H3/t17-/m0/s1. The number of methoxy groups -OCH3 is 1. The van der Waals surface area contributed by atoms with E-state index in [1.165, 1.54) is 18.2 Å². The van der Waals surface area contributed by atoms with E-state index < -0.39 is 12.1 Å². The van der Waals surface area contributed by atoms with Gasteiger partial charge in [-0.1, -0.05) is 43.5 Å². The smallest absolute Gasteiger partial charge is 0.346 e. The summed E-state index contributed by atoms with van der Waals surface area (Å²) in [4.78, 5) is 29.9. The van der Waals surface area contributed by atoms with E-state index in [1.54, 1.807) is 25.3 Å². The molecule has 4 rings (SSSR count). The van der Waals surface area contributed by atoms with Gasteiger partial charge in [-0.15, -0.1) is 0 Å². The van der Waals surface area contributed by atoms with Gasteiger partial charge < -0.3 is 9.47 Å². The zero-order chi connectivity index (χ0) is 22.5. The molecule has 7 heteroatoms. The van der Waals surface area contributed by atoms with Crippen LogP contribution in [0.2, 0.25) is 0 Å². The monoisotopic (exact) mass is 433 g/mol. The van der Waals surface area contributed by atoms with Crippen LogP contribution in [-0.4, -0.2) is 35.1 Å². The lowest BCUT2D eigenvalue weighted by molar-refractivity contribution is -0.147. The number of fused-ring (bicyclic) bond motifs is 1. The Morgan fingerprint density at radius 1 is 1.12 bits per heavy atom. The topological polar surface area (TPSA) is 82.8 Å². The number of ether oxygens (including phenoxy) is 2. The van der Waals surface area contributed by atoms with E-state index in [9.17, 15) is 9.59 Å². The Balaban J connectivity index is 1.75. The van der Waals surface area contributed by atoms with Crippen molar-refractivity contribution >= 4 is 23.1 Å². The molecule has 1 aliphatic rings. The van der Waals surface area contributed by atoms with Gasteiger partial charge in [0.15, 0.2) is 6.10 Å². The minimum absolute atomic E-state index is 0.186. The van der Waals surface area contributed by atoms with Crippen LogP contribution in [0, 0.1) is 0 Å². The molecule has 0 radical (unpaired) electrons. The van der Waals surface area contributed by atoms with Crippen molar-refractivity contribution in [3.8, 4) is 5.75 Å². The predicted octanol–water partition coefficient (Wildman–Crippen LogP) is 4.27. The second-order valence-electron chi connectivity index (χ2n) is 8.00. The number of hydrogen-bond donors (Lipinski definition) is 0. The van der Waals surface area contributed by atoms with Gasteiger partial charge in [-0.25, -0.2) is 9.78 Å². The van der Waals surface area contributed by atoms with Crippen molar-refractivity contribution in [2.75, 3.05) is 7.11 Å². The molecule has 0 spiro atoms. The number of rotatable bonds is 6. The second-order valence-corrected chi connectivity index (χ2v) is 8.00. The molecule has 1 aliphatic carbocycles. The minimum atomic E-state index is -0.766. The SMILES string of the molecule is COC(=O)[C@H](C)Oc1ccccc1C=Nn1c(C2CCCCC2)nc2ccccc2c1=O. The van der Waals surface area contributed by atoms with Crippen LogP contribution in [0.4, 0.5) is 0 Å². The second kappa shape index (κ2) is 9.77. The molecule has 32 heavy (non-hydrogen) atoms. The summed E-state index contributed by atoms with van der Waals surface area (Å²) in [6, 6.07) is 14.6. The normalized spacial score (nSPS) is 15.7. The van der Waals surface area contributed by atoms with Gasteiger partial charge in [0.1, 0.15) is 11.6 Å². The van der Waals surface area contributed by atoms with Crippen LogP contribution in [0.3, 0.4) is 0 Å². The van der Waals surface area contributed by atoms with Crippen LogP contribution in [0.15, 0.2) is 58.4 Å². The Labute approximate surface area is 186 Å². The first-order valence-corrected chi connectivity index (χ1v) is 11.0. The maximum absolute atomic E-state index is 13.3. The van der Waals surface area contributed by atoms with E-state index in [-0.39, 0.29) is 11.5 Å². The molecule has 1 heterocycles. The van der Waals surface area contributed by atoms with Gasteiger partial charge in [0.25, 0.3) is 5.56 Å². The Bertz CT molecular complexity index is 1200. The third-order valence-electron chi connectivity index (χ3n) is 5.82. The molecular weight excluding hydrogens is 406 g/mol. The molecule has 3 aromatic rings. The Kier molecular flexibility index (Phi) is 6.63. The van der Waals surface area contributed by atoms with Gasteiger partial charge in [0, 0.05) is 11.5 Å². The van der Waals surface area contributed by atoms with Crippen LogP contribution < -0.4 is 10.3 Å². The fourth-order valence-electron chi connectivity index (χ4n) is 4.10. The van der Waals surface area contributed by atoms with E-state index in [0.29, 0.717) is 28.0 Å². The molecule has 2 aromatic carbocycles. The Morgan fingerprint density at radius 3 is 2.62 bits per heavy atom. The first-order valence-electron chi connectivity index (χ1n) is 11.0. The van der Waals surface area contributed by atoms with Gasteiger partial charge in [-0.05, 0) is 44.0 Å². The Morgan fingerprint density at radius 2 is 1.84 bits per heavy atom. The van der Waals surface area contributed by atoms with Crippen molar-refractivity contribution in [1.82, 2.24) is 9.66 Å². The van der Waals surface area contributed by atoms with Crippen molar-refractivity contribution in [2.24, 2.45) is 5.10 Å². The highest BCUT2D eigenvalue weighted by Gasteiger charge is 2.22. The number of hydrogen-bond acceptors (Lipinski definition) is 6. The fourth-order valence-corrected chi connectivity index (χ4v) is 4.10. The lowest BCUT2D eigenvalue weighted by atomic mass is 9.88. The number of aromatic nitrogens is 2. The van der Waals surface area contributed by atoms with Crippen molar-refractivity contribution in [3.63, 3.8) is 0 Å². The highest BCUT2D eigenvalue weighted by molar-refractivity contribution is 5.84. The van der Waals surface area contributed by atoms with Crippen molar-refractivity contribution in [2.45, 2.75) is 51.0 Å². The van der Waals surface area contributed by atoms with Gasteiger partial charge in [0.2, 0.25) is 0 Å². The molecule has 1 fully saturated rings. The van der Waals surface area contributed by atoms with Crippen LogP contribution in [0.1, 0.15) is 56.3 Å². The zero-order valence-electron chi connectivity index (χ0n) is 18.4. The van der Waals surface area contributed by atoms with E-state index in [4.69, 9.17) is 14.5 Å². The molecule has 0 aliphatic heterocycles. The molecule has 0 unspecified atom stereocenters. The summed E-state index contributed by atoms with van der Waals surface area (Å²) < 4.78 is 11.9. The average Bonchev–Trinajstić information content (AvgIpc) is 2.84. The number of para-hydroxylation sites is 2. The van der Waals surface area contributed by atoms with Crippen LogP contribution >= 0.6 is 0 Å². The van der Waals surface area contributed by atoms with Gasteiger partial charge in [-0.2, -0.15) is 9.78 Å². The summed E-state index contributed by atoms with van der Waals surface area (Å²) in [5.41, 5.74) is 1.16. The number of carbonyl (C=O) groups is 1. The average molecular weight is 434 g/mol. The van der Waals surface area contributed by atoms with Gasteiger partial charge in [-0.3, -0.25) is 4.79 Å². The summed E-state index contributed by atoms with van der Waals surface area (Å²) in [7, 11) is 1.32. The van der Waals surface area contributed by atoms with Crippen LogP contribution in [0.5, 0.6) is 5.75 Å². The van der Waals surface area contributed by atoms with Crippen LogP contribution in [0.25, 0.3) is 10.9 Å². The molecule has 0 amide bonds.